The molecule has 0 spiro atoms. The monoisotopic (exact) mass is 334 g/mol. The highest BCUT2D eigenvalue weighted by Gasteiger charge is 2.17. The van der Waals surface area contributed by atoms with E-state index in [4.69, 9.17) is 14.2 Å². The zero-order chi connectivity index (χ0) is 17.7. The standard InChI is InChI=1S/C16H22N4O4/c1-20(2)9-11-8-14(19-18-11)17-16(21)10-6-12(22-3)15(24-5)13(7-10)23-4/h6-8H,9H2,1-5H3,(H2,17,18,19,21). The number of aromatic amines is 1. The van der Waals surface area contributed by atoms with Crippen LogP contribution < -0.4 is 19.5 Å². The highest BCUT2D eigenvalue weighted by molar-refractivity contribution is 6.04. The van der Waals surface area contributed by atoms with Crippen LogP contribution in [0.4, 0.5) is 5.82 Å². The van der Waals surface area contributed by atoms with Crippen molar-refractivity contribution in [2.24, 2.45) is 0 Å². The maximum atomic E-state index is 12.5. The lowest BCUT2D eigenvalue weighted by atomic mass is 10.1. The van der Waals surface area contributed by atoms with Crippen LogP contribution in [-0.4, -0.2) is 56.4 Å². The summed E-state index contributed by atoms with van der Waals surface area (Å²) in [6.45, 7) is 0.701. The van der Waals surface area contributed by atoms with Gasteiger partial charge in [-0.25, -0.2) is 0 Å². The molecule has 1 aromatic heterocycles. The van der Waals surface area contributed by atoms with Gasteiger partial charge in [0.25, 0.3) is 5.91 Å². The third kappa shape index (κ3) is 3.96. The quantitative estimate of drug-likeness (QED) is 0.802. The minimum absolute atomic E-state index is 0.322. The van der Waals surface area contributed by atoms with Gasteiger partial charge in [-0.15, -0.1) is 0 Å². The van der Waals surface area contributed by atoms with Crippen molar-refractivity contribution in [1.29, 1.82) is 0 Å². The number of anilines is 1. The number of hydrogen-bond acceptors (Lipinski definition) is 6. The van der Waals surface area contributed by atoms with Crippen LogP contribution in [0.15, 0.2) is 18.2 Å². The number of rotatable bonds is 7. The van der Waals surface area contributed by atoms with Crippen LogP contribution in [0.3, 0.4) is 0 Å². The van der Waals surface area contributed by atoms with Gasteiger partial charge in [0.15, 0.2) is 17.3 Å². The normalized spacial score (nSPS) is 10.6. The molecule has 0 fully saturated rings. The molecule has 0 unspecified atom stereocenters. The molecule has 1 amide bonds. The molecule has 0 saturated carbocycles. The summed E-state index contributed by atoms with van der Waals surface area (Å²) in [5, 5.41) is 9.70. The van der Waals surface area contributed by atoms with Crippen LogP contribution >= 0.6 is 0 Å². The van der Waals surface area contributed by atoms with Gasteiger partial charge in [0.2, 0.25) is 5.75 Å². The number of benzene rings is 1. The zero-order valence-electron chi connectivity index (χ0n) is 14.5. The fraction of sp³-hybridized carbons (Fsp3) is 0.375. The SMILES string of the molecule is COc1cc(C(=O)Nc2cc(CN(C)C)[nH]n2)cc(OC)c1OC. The lowest BCUT2D eigenvalue weighted by Gasteiger charge is -2.13. The molecule has 0 saturated heterocycles. The van der Waals surface area contributed by atoms with Gasteiger partial charge in [-0.3, -0.25) is 9.89 Å². The van der Waals surface area contributed by atoms with Crippen molar-refractivity contribution in [3.05, 3.63) is 29.5 Å². The predicted octanol–water partition coefficient (Wildman–Crippen LogP) is 1.75. The highest BCUT2D eigenvalue weighted by atomic mass is 16.5. The van der Waals surface area contributed by atoms with Crippen LogP contribution in [0, 0.1) is 0 Å². The summed E-state index contributed by atoms with van der Waals surface area (Å²) in [5.74, 6) is 1.39. The minimum atomic E-state index is -0.322. The van der Waals surface area contributed by atoms with E-state index < -0.39 is 0 Å². The number of nitrogens with zero attached hydrogens (tertiary/aromatic N) is 2. The number of nitrogens with one attached hydrogen (secondary N) is 2. The van der Waals surface area contributed by atoms with Gasteiger partial charge in [-0.1, -0.05) is 0 Å². The van der Waals surface area contributed by atoms with E-state index in [0.29, 0.717) is 35.2 Å². The number of ether oxygens (including phenoxy) is 3. The van der Waals surface area contributed by atoms with E-state index in [0.717, 1.165) is 5.69 Å². The van der Waals surface area contributed by atoms with Gasteiger partial charge in [-0.05, 0) is 26.2 Å². The summed E-state index contributed by atoms with van der Waals surface area (Å²) in [5.41, 5.74) is 1.28. The molecule has 130 valence electrons. The average Bonchev–Trinajstić information content (AvgIpc) is 2.99. The fourth-order valence-corrected chi connectivity index (χ4v) is 2.25. The molecule has 1 aromatic carbocycles. The van der Waals surface area contributed by atoms with Gasteiger partial charge in [0.05, 0.1) is 27.0 Å². The minimum Gasteiger partial charge on any atom is -0.493 e. The summed E-state index contributed by atoms with van der Waals surface area (Å²) in [6.07, 6.45) is 0. The first kappa shape index (κ1) is 17.6. The molecule has 8 nitrogen and oxygen atoms in total. The van der Waals surface area contributed by atoms with Crippen LogP contribution in [0.5, 0.6) is 17.2 Å². The second-order valence-electron chi connectivity index (χ2n) is 5.38. The summed E-state index contributed by atoms with van der Waals surface area (Å²) >= 11 is 0. The smallest absolute Gasteiger partial charge is 0.257 e. The Kier molecular flexibility index (Phi) is 5.64. The second-order valence-corrected chi connectivity index (χ2v) is 5.38. The molecule has 8 heteroatoms. The molecule has 24 heavy (non-hydrogen) atoms. The molecule has 0 bridgehead atoms. The van der Waals surface area contributed by atoms with Crippen LogP contribution in [0.2, 0.25) is 0 Å². The molecule has 0 aliphatic heterocycles. The Hall–Kier alpha value is -2.74. The first-order valence-electron chi connectivity index (χ1n) is 7.28. The molecule has 2 N–H and O–H groups in total. The number of carbonyl (C=O) groups is 1. The van der Waals surface area contributed by atoms with Crippen molar-refractivity contribution in [1.82, 2.24) is 15.1 Å². The van der Waals surface area contributed by atoms with Gasteiger partial charge < -0.3 is 24.4 Å². The Morgan fingerprint density at radius 2 is 1.75 bits per heavy atom. The first-order valence-corrected chi connectivity index (χ1v) is 7.28. The van der Waals surface area contributed by atoms with Crippen LogP contribution in [0.1, 0.15) is 16.1 Å². The topological polar surface area (TPSA) is 88.7 Å². The predicted molar refractivity (Wildman–Crippen MR) is 90.0 cm³/mol. The molecular weight excluding hydrogens is 312 g/mol. The van der Waals surface area contributed by atoms with Crippen LogP contribution in [0.25, 0.3) is 0 Å². The Bertz CT molecular complexity index is 687. The molecule has 0 aliphatic rings. The second kappa shape index (κ2) is 7.69. The molecule has 1 heterocycles. The lowest BCUT2D eigenvalue weighted by Crippen LogP contribution is -2.13. The zero-order valence-corrected chi connectivity index (χ0v) is 14.5. The largest absolute Gasteiger partial charge is 0.493 e. The van der Waals surface area contributed by atoms with Gasteiger partial charge in [0.1, 0.15) is 0 Å². The summed E-state index contributed by atoms with van der Waals surface area (Å²) in [6, 6.07) is 4.96. The molecule has 2 rings (SSSR count). The third-order valence-corrected chi connectivity index (χ3v) is 3.29. The van der Waals surface area contributed by atoms with E-state index in [9.17, 15) is 4.79 Å². The van der Waals surface area contributed by atoms with E-state index >= 15 is 0 Å². The van der Waals surface area contributed by atoms with Crippen molar-refractivity contribution in [2.75, 3.05) is 40.7 Å². The Balaban J connectivity index is 2.21. The van der Waals surface area contributed by atoms with Gasteiger partial charge in [0, 0.05) is 18.2 Å². The van der Waals surface area contributed by atoms with Crippen molar-refractivity contribution >= 4 is 11.7 Å². The average molecular weight is 334 g/mol. The van der Waals surface area contributed by atoms with Crippen molar-refractivity contribution in [2.45, 2.75) is 6.54 Å². The van der Waals surface area contributed by atoms with Crippen LogP contribution in [-0.2, 0) is 6.54 Å². The number of H-pyrrole nitrogens is 1. The molecule has 2 aromatic rings. The van der Waals surface area contributed by atoms with E-state index in [2.05, 4.69) is 15.5 Å². The summed E-state index contributed by atoms with van der Waals surface area (Å²) in [4.78, 5) is 14.5. The van der Waals surface area contributed by atoms with E-state index in [1.807, 2.05) is 19.0 Å². The first-order chi connectivity index (χ1) is 11.5. The fourth-order valence-electron chi connectivity index (χ4n) is 2.25. The molecule has 0 atom stereocenters. The number of hydrogen-bond donors (Lipinski definition) is 2. The maximum absolute atomic E-state index is 12.5. The van der Waals surface area contributed by atoms with E-state index in [1.165, 1.54) is 21.3 Å². The number of aromatic nitrogens is 2. The summed E-state index contributed by atoms with van der Waals surface area (Å²) < 4.78 is 15.8. The van der Waals surface area contributed by atoms with E-state index in [1.54, 1.807) is 18.2 Å². The maximum Gasteiger partial charge on any atom is 0.257 e. The Morgan fingerprint density at radius 3 is 2.25 bits per heavy atom. The molecule has 0 aliphatic carbocycles. The third-order valence-electron chi connectivity index (χ3n) is 3.29. The van der Waals surface area contributed by atoms with Crippen molar-refractivity contribution < 1.29 is 19.0 Å². The van der Waals surface area contributed by atoms with Gasteiger partial charge in [-0.2, -0.15) is 5.10 Å². The number of carbonyl (C=O) groups excluding carboxylic acids is 1. The highest BCUT2D eigenvalue weighted by Crippen LogP contribution is 2.38. The number of methoxy groups -OCH3 is 3. The molecular formula is C16H22N4O4. The van der Waals surface area contributed by atoms with Gasteiger partial charge >= 0.3 is 0 Å². The van der Waals surface area contributed by atoms with Crippen molar-refractivity contribution in [3.63, 3.8) is 0 Å². The number of amides is 1. The molecule has 0 radical (unpaired) electrons. The summed E-state index contributed by atoms with van der Waals surface area (Å²) in [7, 11) is 8.42. The van der Waals surface area contributed by atoms with Crippen molar-refractivity contribution in [3.8, 4) is 17.2 Å². The Morgan fingerprint density at radius 1 is 1.12 bits per heavy atom. The lowest BCUT2D eigenvalue weighted by molar-refractivity contribution is 0.102. The van der Waals surface area contributed by atoms with E-state index in [-0.39, 0.29) is 5.91 Å². The Labute approximate surface area is 140 Å².